The van der Waals surface area contributed by atoms with E-state index in [1.54, 1.807) is 12.5 Å². The van der Waals surface area contributed by atoms with Crippen LogP contribution < -0.4 is 5.32 Å². The summed E-state index contributed by atoms with van der Waals surface area (Å²) in [6.45, 7) is 2.17. The molecular formula is C16H21N3O. The number of hydrogen-bond donors (Lipinski definition) is 1. The Morgan fingerprint density at radius 3 is 2.85 bits per heavy atom. The fraction of sp³-hybridized carbons (Fsp3) is 0.375. The molecule has 20 heavy (non-hydrogen) atoms. The number of hydrogen-bond acceptors (Lipinski definition) is 2. The first-order chi connectivity index (χ1) is 9.81. The highest BCUT2D eigenvalue weighted by Crippen LogP contribution is 2.20. The molecule has 0 fully saturated rings. The first-order valence-corrected chi connectivity index (χ1v) is 7.18. The Morgan fingerprint density at radius 1 is 1.25 bits per heavy atom. The summed E-state index contributed by atoms with van der Waals surface area (Å²) in [6, 6.07) is 7.76. The average molecular weight is 271 g/mol. The number of rotatable bonds is 7. The number of carbonyl (C=O) groups is 1. The molecule has 1 heterocycles. The average Bonchev–Trinajstić information content (AvgIpc) is 2.98. The Balaban J connectivity index is 1.97. The number of unbranched alkanes of at least 4 members (excludes halogenated alkanes) is 3. The highest BCUT2D eigenvalue weighted by Gasteiger charge is 2.07. The molecule has 0 spiro atoms. The number of nitrogens with zero attached hydrogens (tertiary/aromatic N) is 2. The standard InChI is InChI=1S/C16H21N3O/c1-2-3-4-5-10-16(20)18-14-8-6-7-9-15(14)19-12-11-17-13-19/h6-9,11-13H,2-5,10H2,1H3,(H,18,20). The number of imidazole rings is 1. The second-order valence-electron chi connectivity index (χ2n) is 4.85. The number of carbonyl (C=O) groups excluding carboxylic acids is 1. The van der Waals surface area contributed by atoms with Gasteiger partial charge in [-0.05, 0) is 18.6 Å². The van der Waals surface area contributed by atoms with E-state index < -0.39 is 0 Å². The van der Waals surface area contributed by atoms with Gasteiger partial charge in [-0.15, -0.1) is 0 Å². The zero-order valence-electron chi connectivity index (χ0n) is 11.9. The predicted octanol–water partition coefficient (Wildman–Crippen LogP) is 3.78. The molecular weight excluding hydrogens is 250 g/mol. The number of benzene rings is 1. The third-order valence-electron chi connectivity index (χ3n) is 3.22. The minimum absolute atomic E-state index is 0.0775. The summed E-state index contributed by atoms with van der Waals surface area (Å²) < 4.78 is 1.90. The van der Waals surface area contributed by atoms with Crippen LogP contribution in [-0.4, -0.2) is 15.5 Å². The van der Waals surface area contributed by atoms with Gasteiger partial charge in [-0.3, -0.25) is 4.79 Å². The summed E-state index contributed by atoms with van der Waals surface area (Å²) in [7, 11) is 0. The summed E-state index contributed by atoms with van der Waals surface area (Å²) in [5.74, 6) is 0.0775. The third kappa shape index (κ3) is 3.95. The second-order valence-corrected chi connectivity index (χ2v) is 4.85. The van der Waals surface area contributed by atoms with Crippen LogP contribution in [0.25, 0.3) is 5.69 Å². The van der Waals surface area contributed by atoms with Crippen LogP contribution in [0.3, 0.4) is 0 Å². The van der Waals surface area contributed by atoms with Gasteiger partial charge in [0, 0.05) is 18.8 Å². The van der Waals surface area contributed by atoms with Crippen molar-refractivity contribution in [1.29, 1.82) is 0 Å². The van der Waals surface area contributed by atoms with E-state index in [-0.39, 0.29) is 5.91 Å². The Morgan fingerprint density at radius 2 is 2.10 bits per heavy atom. The lowest BCUT2D eigenvalue weighted by atomic mass is 10.1. The molecule has 0 unspecified atom stereocenters. The first-order valence-electron chi connectivity index (χ1n) is 7.18. The van der Waals surface area contributed by atoms with Gasteiger partial charge in [-0.2, -0.15) is 0 Å². The van der Waals surface area contributed by atoms with Gasteiger partial charge in [0.2, 0.25) is 5.91 Å². The SMILES string of the molecule is CCCCCCC(=O)Nc1ccccc1-n1ccnc1. The summed E-state index contributed by atoms with van der Waals surface area (Å²) in [6.07, 6.45) is 10.4. The van der Waals surface area contributed by atoms with E-state index in [0.717, 1.165) is 24.2 Å². The van der Waals surface area contributed by atoms with Crippen LogP contribution in [0.15, 0.2) is 43.0 Å². The minimum atomic E-state index is 0.0775. The molecule has 1 N–H and O–H groups in total. The summed E-state index contributed by atoms with van der Waals surface area (Å²) in [5, 5.41) is 2.99. The minimum Gasteiger partial charge on any atom is -0.324 e. The Labute approximate surface area is 119 Å². The van der Waals surface area contributed by atoms with Crippen LogP contribution in [0, 0.1) is 0 Å². The molecule has 1 amide bonds. The summed E-state index contributed by atoms with van der Waals surface area (Å²) >= 11 is 0. The quantitative estimate of drug-likeness (QED) is 0.779. The molecule has 0 atom stereocenters. The highest BCUT2D eigenvalue weighted by atomic mass is 16.1. The van der Waals surface area contributed by atoms with Crippen molar-refractivity contribution in [2.24, 2.45) is 0 Å². The van der Waals surface area contributed by atoms with Crippen LogP contribution in [0.4, 0.5) is 5.69 Å². The van der Waals surface area contributed by atoms with Gasteiger partial charge < -0.3 is 9.88 Å². The van der Waals surface area contributed by atoms with Gasteiger partial charge in [-0.25, -0.2) is 4.98 Å². The smallest absolute Gasteiger partial charge is 0.224 e. The summed E-state index contributed by atoms with van der Waals surface area (Å²) in [5.41, 5.74) is 1.76. The van der Waals surface area contributed by atoms with Gasteiger partial charge >= 0.3 is 0 Å². The lowest BCUT2D eigenvalue weighted by Crippen LogP contribution is -2.13. The Hall–Kier alpha value is -2.10. The number of anilines is 1. The molecule has 2 rings (SSSR count). The summed E-state index contributed by atoms with van der Waals surface area (Å²) in [4.78, 5) is 16.0. The van der Waals surface area contributed by atoms with Gasteiger partial charge in [0.1, 0.15) is 0 Å². The molecule has 4 heteroatoms. The molecule has 4 nitrogen and oxygen atoms in total. The molecule has 0 radical (unpaired) electrons. The number of aromatic nitrogens is 2. The maximum absolute atomic E-state index is 12.0. The van der Waals surface area contributed by atoms with Crippen LogP contribution >= 0.6 is 0 Å². The molecule has 0 saturated heterocycles. The Kier molecular flexibility index (Phi) is 5.35. The monoisotopic (exact) mass is 271 g/mol. The molecule has 2 aromatic rings. The van der Waals surface area contributed by atoms with Crippen molar-refractivity contribution < 1.29 is 4.79 Å². The fourth-order valence-corrected chi connectivity index (χ4v) is 2.13. The van der Waals surface area contributed by atoms with Crippen LogP contribution in [-0.2, 0) is 4.79 Å². The van der Waals surface area contributed by atoms with Crippen LogP contribution in [0.2, 0.25) is 0 Å². The molecule has 1 aromatic carbocycles. The molecule has 0 aliphatic carbocycles. The van der Waals surface area contributed by atoms with Crippen molar-refractivity contribution in [3.05, 3.63) is 43.0 Å². The van der Waals surface area contributed by atoms with Gasteiger partial charge in [0.15, 0.2) is 0 Å². The zero-order valence-corrected chi connectivity index (χ0v) is 11.9. The lowest BCUT2D eigenvalue weighted by molar-refractivity contribution is -0.116. The molecule has 106 valence electrons. The van der Waals surface area contributed by atoms with Gasteiger partial charge in [-0.1, -0.05) is 38.3 Å². The van der Waals surface area contributed by atoms with Crippen molar-refractivity contribution >= 4 is 11.6 Å². The normalized spacial score (nSPS) is 10.4. The topological polar surface area (TPSA) is 46.9 Å². The molecule has 0 aliphatic rings. The van der Waals surface area contributed by atoms with E-state index >= 15 is 0 Å². The van der Waals surface area contributed by atoms with E-state index in [0.29, 0.717) is 6.42 Å². The van der Waals surface area contributed by atoms with E-state index in [1.165, 1.54) is 12.8 Å². The maximum Gasteiger partial charge on any atom is 0.224 e. The number of nitrogens with one attached hydrogen (secondary N) is 1. The lowest BCUT2D eigenvalue weighted by Gasteiger charge is -2.11. The molecule has 0 saturated carbocycles. The van der Waals surface area contributed by atoms with Crippen LogP contribution in [0.1, 0.15) is 39.0 Å². The third-order valence-corrected chi connectivity index (χ3v) is 3.22. The number of amides is 1. The van der Waals surface area contributed by atoms with E-state index in [4.69, 9.17) is 0 Å². The van der Waals surface area contributed by atoms with Crippen molar-refractivity contribution in [2.75, 3.05) is 5.32 Å². The van der Waals surface area contributed by atoms with Crippen molar-refractivity contribution in [3.8, 4) is 5.69 Å². The van der Waals surface area contributed by atoms with E-state index in [9.17, 15) is 4.79 Å². The van der Waals surface area contributed by atoms with Crippen molar-refractivity contribution in [3.63, 3.8) is 0 Å². The largest absolute Gasteiger partial charge is 0.324 e. The zero-order chi connectivity index (χ0) is 14.2. The molecule has 0 bridgehead atoms. The fourth-order valence-electron chi connectivity index (χ4n) is 2.13. The second kappa shape index (κ2) is 7.48. The number of para-hydroxylation sites is 2. The van der Waals surface area contributed by atoms with E-state index in [1.807, 2.05) is 35.0 Å². The maximum atomic E-state index is 12.0. The van der Waals surface area contributed by atoms with Gasteiger partial charge in [0.05, 0.1) is 17.7 Å². The molecule has 1 aromatic heterocycles. The highest BCUT2D eigenvalue weighted by molar-refractivity contribution is 5.92. The Bertz CT molecular complexity index is 534. The first kappa shape index (κ1) is 14.3. The van der Waals surface area contributed by atoms with Crippen molar-refractivity contribution in [2.45, 2.75) is 39.0 Å². The van der Waals surface area contributed by atoms with Crippen LogP contribution in [0.5, 0.6) is 0 Å². The van der Waals surface area contributed by atoms with Crippen molar-refractivity contribution in [1.82, 2.24) is 9.55 Å². The molecule has 0 aliphatic heterocycles. The van der Waals surface area contributed by atoms with E-state index in [2.05, 4.69) is 17.2 Å². The predicted molar refractivity (Wildman–Crippen MR) is 81.0 cm³/mol. The van der Waals surface area contributed by atoms with Gasteiger partial charge in [0.25, 0.3) is 0 Å².